The first-order valence-electron chi connectivity index (χ1n) is 5.55. The lowest BCUT2D eigenvalue weighted by Gasteiger charge is -2.07. The summed E-state index contributed by atoms with van der Waals surface area (Å²) in [5.74, 6) is -0.770. The summed E-state index contributed by atoms with van der Waals surface area (Å²) in [5.41, 5.74) is 1.22. The minimum atomic E-state index is -1.08. The van der Waals surface area contributed by atoms with Gasteiger partial charge in [-0.3, -0.25) is 0 Å². The van der Waals surface area contributed by atoms with E-state index in [1.165, 1.54) is 22.8 Å². The Morgan fingerprint density at radius 2 is 2.22 bits per heavy atom. The van der Waals surface area contributed by atoms with Crippen LogP contribution in [-0.2, 0) is 13.0 Å². The maximum atomic E-state index is 11.0. The molecular formula is C12H13N3O2S. The number of carbonyl (C=O) groups is 1. The van der Waals surface area contributed by atoms with Crippen molar-refractivity contribution in [3.63, 3.8) is 0 Å². The van der Waals surface area contributed by atoms with E-state index in [0.717, 1.165) is 6.42 Å². The molecule has 0 unspecified atom stereocenters. The summed E-state index contributed by atoms with van der Waals surface area (Å²) >= 11 is 1.65. The molecule has 0 bridgehead atoms. The molecule has 0 saturated heterocycles. The molecule has 0 aliphatic heterocycles. The Labute approximate surface area is 109 Å². The molecule has 0 fully saturated rings. The molecule has 0 atom stereocenters. The number of anilines is 1. The van der Waals surface area contributed by atoms with E-state index >= 15 is 0 Å². The Bertz CT molecular complexity index is 554. The van der Waals surface area contributed by atoms with Crippen molar-refractivity contribution >= 4 is 23.1 Å². The Morgan fingerprint density at radius 3 is 2.94 bits per heavy atom. The number of aromatic nitrogens is 2. The molecule has 0 aromatic carbocycles. The van der Waals surface area contributed by atoms with Crippen LogP contribution in [0.4, 0.5) is 5.82 Å². The average Bonchev–Trinajstić information content (AvgIpc) is 2.84. The summed E-state index contributed by atoms with van der Waals surface area (Å²) in [6.45, 7) is 2.66. The lowest BCUT2D eigenvalue weighted by molar-refractivity contribution is 0.0691. The molecule has 6 heteroatoms. The van der Waals surface area contributed by atoms with Crippen molar-refractivity contribution in [2.45, 2.75) is 19.9 Å². The number of aryl methyl sites for hydroxylation is 1. The van der Waals surface area contributed by atoms with E-state index in [0.29, 0.717) is 12.4 Å². The van der Waals surface area contributed by atoms with E-state index in [1.54, 1.807) is 11.3 Å². The third kappa shape index (κ3) is 2.65. The summed E-state index contributed by atoms with van der Waals surface area (Å²) < 4.78 is 0. The van der Waals surface area contributed by atoms with Gasteiger partial charge >= 0.3 is 5.97 Å². The zero-order valence-corrected chi connectivity index (χ0v) is 10.7. The van der Waals surface area contributed by atoms with Gasteiger partial charge in [-0.05, 0) is 23.4 Å². The van der Waals surface area contributed by atoms with E-state index in [-0.39, 0.29) is 5.69 Å². The highest BCUT2D eigenvalue weighted by atomic mass is 32.1. The molecule has 0 saturated carbocycles. The summed E-state index contributed by atoms with van der Waals surface area (Å²) in [7, 11) is 0. The number of thiophene rings is 1. The number of nitrogens with one attached hydrogen (secondary N) is 1. The fraction of sp³-hybridized carbons (Fsp3) is 0.250. The van der Waals surface area contributed by atoms with Gasteiger partial charge in [-0.15, -0.1) is 11.3 Å². The predicted molar refractivity (Wildman–Crippen MR) is 70.0 cm³/mol. The maximum Gasteiger partial charge on any atom is 0.358 e. The van der Waals surface area contributed by atoms with E-state index in [1.807, 2.05) is 5.38 Å². The molecule has 0 radical (unpaired) electrons. The molecule has 0 spiro atoms. The quantitative estimate of drug-likeness (QED) is 0.866. The zero-order valence-electron chi connectivity index (χ0n) is 9.88. The third-order valence-electron chi connectivity index (χ3n) is 2.54. The van der Waals surface area contributed by atoms with Gasteiger partial charge in [0, 0.05) is 17.3 Å². The molecule has 0 amide bonds. The molecule has 18 heavy (non-hydrogen) atoms. The van der Waals surface area contributed by atoms with Gasteiger partial charge in [0.05, 0.1) is 6.54 Å². The Kier molecular flexibility index (Phi) is 3.88. The summed E-state index contributed by atoms with van der Waals surface area (Å²) in [4.78, 5) is 20.0. The highest BCUT2D eigenvalue weighted by molar-refractivity contribution is 7.10. The first-order chi connectivity index (χ1) is 8.72. The normalized spacial score (nSPS) is 10.3. The predicted octanol–water partition coefficient (Wildman–Crippen LogP) is 2.41. The monoisotopic (exact) mass is 263 g/mol. The smallest absolute Gasteiger partial charge is 0.358 e. The first kappa shape index (κ1) is 12.5. The van der Waals surface area contributed by atoms with Crippen LogP contribution < -0.4 is 5.32 Å². The van der Waals surface area contributed by atoms with Crippen molar-refractivity contribution in [3.8, 4) is 0 Å². The van der Waals surface area contributed by atoms with Crippen LogP contribution in [0.25, 0.3) is 0 Å². The summed E-state index contributed by atoms with van der Waals surface area (Å²) in [6, 6.07) is 2.08. The minimum Gasteiger partial charge on any atom is -0.476 e. The van der Waals surface area contributed by atoms with Crippen LogP contribution >= 0.6 is 11.3 Å². The van der Waals surface area contributed by atoms with Crippen LogP contribution in [-0.4, -0.2) is 21.0 Å². The Hall–Kier alpha value is -1.95. The van der Waals surface area contributed by atoms with Gasteiger partial charge in [0.2, 0.25) is 0 Å². The van der Waals surface area contributed by atoms with Gasteiger partial charge in [-0.25, -0.2) is 14.8 Å². The Morgan fingerprint density at radius 1 is 1.44 bits per heavy atom. The van der Waals surface area contributed by atoms with Crippen molar-refractivity contribution in [2.24, 2.45) is 0 Å². The average molecular weight is 263 g/mol. The van der Waals surface area contributed by atoms with E-state index in [4.69, 9.17) is 5.11 Å². The number of carboxylic acids is 1. The van der Waals surface area contributed by atoms with Crippen LogP contribution in [0, 0.1) is 0 Å². The number of hydrogen-bond donors (Lipinski definition) is 2. The maximum absolute atomic E-state index is 11.0. The minimum absolute atomic E-state index is 0.0490. The molecule has 94 valence electrons. The van der Waals surface area contributed by atoms with Gasteiger partial charge in [0.25, 0.3) is 0 Å². The van der Waals surface area contributed by atoms with Crippen LogP contribution in [0.3, 0.4) is 0 Å². The van der Waals surface area contributed by atoms with E-state index in [9.17, 15) is 4.79 Å². The molecule has 0 aliphatic rings. The van der Waals surface area contributed by atoms with Crippen LogP contribution in [0.5, 0.6) is 0 Å². The third-order valence-corrected chi connectivity index (χ3v) is 3.50. The molecule has 0 aliphatic carbocycles. The van der Waals surface area contributed by atoms with E-state index in [2.05, 4.69) is 28.3 Å². The molecule has 2 aromatic heterocycles. The van der Waals surface area contributed by atoms with Gasteiger partial charge in [0.15, 0.2) is 11.5 Å². The lowest BCUT2D eigenvalue weighted by atomic mass is 10.2. The molecule has 2 N–H and O–H groups in total. The van der Waals surface area contributed by atoms with Crippen molar-refractivity contribution in [2.75, 3.05) is 5.32 Å². The summed E-state index contributed by atoms with van der Waals surface area (Å²) in [6.07, 6.45) is 3.81. The standard InChI is InChI=1S/C12H13N3O2S/c1-2-8-3-6-18-9(8)7-15-11-10(12(16)17)13-4-5-14-11/h3-6H,2,7H2,1H3,(H,14,15)(H,16,17). The fourth-order valence-corrected chi connectivity index (χ4v) is 2.54. The number of rotatable bonds is 5. The van der Waals surface area contributed by atoms with Gasteiger partial charge in [-0.2, -0.15) is 0 Å². The number of nitrogens with zero attached hydrogens (tertiary/aromatic N) is 2. The Balaban J connectivity index is 2.13. The molecule has 2 aromatic rings. The number of aromatic carboxylic acids is 1. The van der Waals surface area contributed by atoms with Gasteiger partial charge < -0.3 is 10.4 Å². The first-order valence-corrected chi connectivity index (χ1v) is 6.43. The van der Waals surface area contributed by atoms with Gasteiger partial charge in [0.1, 0.15) is 0 Å². The lowest BCUT2D eigenvalue weighted by Crippen LogP contribution is -2.10. The summed E-state index contributed by atoms with van der Waals surface area (Å²) in [5, 5.41) is 14.0. The van der Waals surface area contributed by atoms with Gasteiger partial charge in [-0.1, -0.05) is 6.92 Å². The number of carboxylic acid groups (broad SMARTS) is 1. The van der Waals surface area contributed by atoms with E-state index < -0.39 is 5.97 Å². The fourth-order valence-electron chi connectivity index (χ4n) is 1.63. The highest BCUT2D eigenvalue weighted by Crippen LogP contribution is 2.19. The SMILES string of the molecule is CCc1ccsc1CNc1nccnc1C(=O)O. The van der Waals surface area contributed by atoms with Crippen molar-refractivity contribution < 1.29 is 9.90 Å². The molecular weight excluding hydrogens is 250 g/mol. The largest absolute Gasteiger partial charge is 0.476 e. The van der Waals surface area contributed by atoms with Crippen LogP contribution in [0.1, 0.15) is 27.9 Å². The highest BCUT2D eigenvalue weighted by Gasteiger charge is 2.12. The van der Waals surface area contributed by atoms with Crippen molar-refractivity contribution in [1.82, 2.24) is 9.97 Å². The van der Waals surface area contributed by atoms with Crippen molar-refractivity contribution in [1.29, 1.82) is 0 Å². The second-order valence-electron chi connectivity index (χ2n) is 3.63. The van der Waals surface area contributed by atoms with Crippen LogP contribution in [0.15, 0.2) is 23.8 Å². The van der Waals surface area contributed by atoms with Crippen LogP contribution in [0.2, 0.25) is 0 Å². The molecule has 2 heterocycles. The molecule has 2 rings (SSSR count). The van der Waals surface area contributed by atoms with Crippen molar-refractivity contribution in [3.05, 3.63) is 40.0 Å². The second-order valence-corrected chi connectivity index (χ2v) is 4.64. The zero-order chi connectivity index (χ0) is 13.0. The topological polar surface area (TPSA) is 75.1 Å². The number of hydrogen-bond acceptors (Lipinski definition) is 5. The molecule has 5 nitrogen and oxygen atoms in total. The second kappa shape index (κ2) is 5.59.